The molecule has 0 radical (unpaired) electrons. The zero-order valence-electron chi connectivity index (χ0n) is 13.4. The van der Waals surface area contributed by atoms with Crippen molar-refractivity contribution in [1.29, 1.82) is 0 Å². The molecule has 25 heavy (non-hydrogen) atoms. The van der Waals surface area contributed by atoms with E-state index in [4.69, 9.17) is 0 Å². The van der Waals surface area contributed by atoms with Gasteiger partial charge in [-0.2, -0.15) is 0 Å². The van der Waals surface area contributed by atoms with E-state index in [1.165, 1.54) is 11.3 Å². The second kappa shape index (κ2) is 6.86. The summed E-state index contributed by atoms with van der Waals surface area (Å²) in [4.78, 5) is 24.8. The molecule has 2 N–H and O–H groups in total. The minimum absolute atomic E-state index is 0.0479. The number of H-pyrrole nitrogens is 1. The maximum absolute atomic E-state index is 12.6. The largest absolute Gasteiger partial charge is 0.347 e. The van der Waals surface area contributed by atoms with Crippen molar-refractivity contribution in [3.8, 4) is 0 Å². The normalized spacial score (nSPS) is 10.9. The van der Waals surface area contributed by atoms with Gasteiger partial charge in [-0.15, -0.1) is 11.3 Å². The Morgan fingerprint density at radius 1 is 1.16 bits per heavy atom. The van der Waals surface area contributed by atoms with Gasteiger partial charge >= 0.3 is 0 Å². The number of carbonyl (C=O) groups is 1. The van der Waals surface area contributed by atoms with Crippen molar-refractivity contribution < 1.29 is 4.79 Å². The van der Waals surface area contributed by atoms with Gasteiger partial charge in [0.15, 0.2) is 0 Å². The highest BCUT2D eigenvalue weighted by Crippen LogP contribution is 2.24. The monoisotopic (exact) mass is 348 g/mol. The molecule has 0 saturated heterocycles. The van der Waals surface area contributed by atoms with E-state index in [0.29, 0.717) is 13.0 Å². The summed E-state index contributed by atoms with van der Waals surface area (Å²) in [5, 5.41) is 6.03. The SMILES string of the molecule is O=C(NCc1cccnc1)c1sccc1Cc1ccnc2[nH]ccc12. The molecule has 0 atom stereocenters. The van der Waals surface area contributed by atoms with Crippen molar-refractivity contribution in [3.05, 3.63) is 82.1 Å². The molecule has 5 nitrogen and oxygen atoms in total. The van der Waals surface area contributed by atoms with Gasteiger partial charge in [0, 0.05) is 36.7 Å². The lowest BCUT2D eigenvalue weighted by Crippen LogP contribution is -2.22. The molecule has 0 aliphatic carbocycles. The minimum Gasteiger partial charge on any atom is -0.347 e. The molecule has 0 bridgehead atoms. The van der Waals surface area contributed by atoms with Crippen LogP contribution in [0.5, 0.6) is 0 Å². The molecule has 0 aliphatic heterocycles. The van der Waals surface area contributed by atoms with E-state index in [0.717, 1.165) is 32.6 Å². The van der Waals surface area contributed by atoms with Gasteiger partial charge in [0.05, 0.1) is 4.88 Å². The molecular weight excluding hydrogens is 332 g/mol. The summed E-state index contributed by atoms with van der Waals surface area (Å²) in [6.07, 6.45) is 7.86. The van der Waals surface area contributed by atoms with Gasteiger partial charge in [0.25, 0.3) is 5.91 Å². The number of pyridine rings is 2. The Labute approximate surface area is 148 Å². The van der Waals surface area contributed by atoms with Gasteiger partial charge in [0.1, 0.15) is 5.65 Å². The number of thiophene rings is 1. The minimum atomic E-state index is -0.0479. The van der Waals surface area contributed by atoms with Crippen LogP contribution < -0.4 is 5.32 Å². The summed E-state index contributed by atoms with van der Waals surface area (Å²) in [6, 6.07) is 9.85. The maximum atomic E-state index is 12.6. The maximum Gasteiger partial charge on any atom is 0.261 e. The van der Waals surface area contributed by atoms with Gasteiger partial charge in [0.2, 0.25) is 0 Å². The lowest BCUT2D eigenvalue weighted by molar-refractivity contribution is 0.0954. The van der Waals surface area contributed by atoms with Crippen LogP contribution >= 0.6 is 11.3 Å². The van der Waals surface area contributed by atoms with E-state index in [1.807, 2.05) is 41.9 Å². The van der Waals surface area contributed by atoms with Crippen molar-refractivity contribution in [1.82, 2.24) is 20.3 Å². The Balaban J connectivity index is 1.52. The molecule has 4 heterocycles. The number of rotatable bonds is 5. The zero-order valence-corrected chi connectivity index (χ0v) is 14.2. The third kappa shape index (κ3) is 3.29. The fourth-order valence-electron chi connectivity index (χ4n) is 2.82. The average Bonchev–Trinajstić information content (AvgIpc) is 3.30. The number of nitrogens with zero attached hydrogens (tertiary/aromatic N) is 2. The molecule has 0 aromatic carbocycles. The van der Waals surface area contributed by atoms with Gasteiger partial charge in [-0.3, -0.25) is 9.78 Å². The van der Waals surface area contributed by atoms with Gasteiger partial charge in [-0.05, 0) is 52.8 Å². The van der Waals surface area contributed by atoms with E-state index < -0.39 is 0 Å². The zero-order chi connectivity index (χ0) is 17.1. The first-order valence-electron chi connectivity index (χ1n) is 7.96. The third-order valence-electron chi connectivity index (χ3n) is 4.06. The summed E-state index contributed by atoms with van der Waals surface area (Å²) >= 11 is 1.47. The second-order valence-electron chi connectivity index (χ2n) is 5.71. The van der Waals surface area contributed by atoms with Gasteiger partial charge < -0.3 is 10.3 Å². The molecule has 0 aliphatic rings. The van der Waals surface area contributed by atoms with Crippen LogP contribution in [0.25, 0.3) is 11.0 Å². The molecular formula is C19H16N4OS. The summed E-state index contributed by atoms with van der Waals surface area (Å²) in [7, 11) is 0. The molecule has 4 aromatic heterocycles. The predicted octanol–water partition coefficient (Wildman–Crippen LogP) is 3.54. The van der Waals surface area contributed by atoms with Crippen LogP contribution in [0, 0.1) is 0 Å². The lowest BCUT2D eigenvalue weighted by Gasteiger charge is -2.07. The molecule has 4 aromatic rings. The molecule has 0 fully saturated rings. The standard InChI is InChI=1S/C19H16N4OS/c24-19(23-12-13-2-1-6-20-11-13)17-15(5-9-25-17)10-14-3-7-21-18-16(14)4-8-22-18/h1-9,11H,10,12H2,(H,21,22)(H,23,24). The van der Waals surface area contributed by atoms with Crippen molar-refractivity contribution in [3.63, 3.8) is 0 Å². The summed E-state index contributed by atoms with van der Waals surface area (Å²) < 4.78 is 0. The van der Waals surface area contributed by atoms with E-state index >= 15 is 0 Å². The van der Waals surface area contributed by atoms with Gasteiger partial charge in [-0.25, -0.2) is 4.98 Å². The average molecular weight is 348 g/mol. The third-order valence-corrected chi connectivity index (χ3v) is 5.02. The van der Waals surface area contributed by atoms with E-state index in [1.54, 1.807) is 18.6 Å². The number of aromatic amines is 1. The number of carbonyl (C=O) groups excluding carboxylic acids is 1. The smallest absolute Gasteiger partial charge is 0.261 e. The number of fused-ring (bicyclic) bond motifs is 1. The number of hydrogen-bond acceptors (Lipinski definition) is 4. The van der Waals surface area contributed by atoms with Crippen molar-refractivity contribution in [2.45, 2.75) is 13.0 Å². The molecule has 4 rings (SSSR count). The molecule has 0 spiro atoms. The number of hydrogen-bond donors (Lipinski definition) is 2. The quantitative estimate of drug-likeness (QED) is 0.579. The number of aromatic nitrogens is 3. The molecule has 0 saturated carbocycles. The first-order chi connectivity index (χ1) is 12.3. The van der Waals surface area contributed by atoms with Gasteiger partial charge in [-0.1, -0.05) is 6.07 Å². The highest BCUT2D eigenvalue weighted by atomic mass is 32.1. The second-order valence-corrected chi connectivity index (χ2v) is 6.62. The Bertz CT molecular complexity index is 1010. The topological polar surface area (TPSA) is 70.7 Å². The highest BCUT2D eigenvalue weighted by Gasteiger charge is 2.14. The predicted molar refractivity (Wildman–Crippen MR) is 98.6 cm³/mol. The van der Waals surface area contributed by atoms with E-state index in [-0.39, 0.29) is 5.91 Å². The van der Waals surface area contributed by atoms with Crippen molar-refractivity contribution >= 4 is 28.3 Å². The first kappa shape index (κ1) is 15.5. The van der Waals surface area contributed by atoms with Crippen LogP contribution in [0.4, 0.5) is 0 Å². The molecule has 124 valence electrons. The highest BCUT2D eigenvalue weighted by molar-refractivity contribution is 7.12. The van der Waals surface area contributed by atoms with Crippen LogP contribution in [0.3, 0.4) is 0 Å². The first-order valence-corrected chi connectivity index (χ1v) is 8.83. The Morgan fingerprint density at radius 2 is 2.12 bits per heavy atom. The number of nitrogens with one attached hydrogen (secondary N) is 2. The Kier molecular flexibility index (Phi) is 4.26. The molecule has 6 heteroatoms. The van der Waals surface area contributed by atoms with E-state index in [2.05, 4.69) is 20.3 Å². The summed E-state index contributed by atoms with van der Waals surface area (Å²) in [5.74, 6) is -0.0479. The number of amides is 1. The van der Waals surface area contributed by atoms with Crippen LogP contribution in [-0.2, 0) is 13.0 Å². The lowest BCUT2D eigenvalue weighted by atomic mass is 10.0. The summed E-state index contributed by atoms with van der Waals surface area (Å²) in [5.41, 5.74) is 4.04. The Hall–Kier alpha value is -2.99. The fourth-order valence-corrected chi connectivity index (χ4v) is 3.66. The van der Waals surface area contributed by atoms with Crippen molar-refractivity contribution in [2.24, 2.45) is 0 Å². The van der Waals surface area contributed by atoms with Crippen LogP contribution in [-0.4, -0.2) is 20.9 Å². The Morgan fingerprint density at radius 3 is 3.00 bits per heavy atom. The van der Waals surface area contributed by atoms with Crippen LogP contribution in [0.15, 0.2) is 60.5 Å². The van der Waals surface area contributed by atoms with Crippen molar-refractivity contribution in [2.75, 3.05) is 0 Å². The molecule has 1 amide bonds. The van der Waals surface area contributed by atoms with Crippen LogP contribution in [0.2, 0.25) is 0 Å². The fraction of sp³-hybridized carbons (Fsp3) is 0.105. The van der Waals surface area contributed by atoms with E-state index in [9.17, 15) is 4.79 Å². The summed E-state index contributed by atoms with van der Waals surface area (Å²) in [6.45, 7) is 0.474. The molecule has 0 unspecified atom stereocenters. The van der Waals surface area contributed by atoms with Crippen LogP contribution in [0.1, 0.15) is 26.4 Å².